The van der Waals surface area contributed by atoms with Gasteiger partial charge in [0.15, 0.2) is 5.76 Å². The first-order chi connectivity index (χ1) is 6.61. The zero-order valence-corrected chi connectivity index (χ0v) is 9.12. The van der Waals surface area contributed by atoms with E-state index in [2.05, 4.69) is 23.1 Å². The number of carbonyl (C=O) groups excluding carboxylic acids is 1. The average molecular weight is 214 g/mol. The van der Waals surface area contributed by atoms with Gasteiger partial charge < -0.3 is 9.84 Å². The van der Waals surface area contributed by atoms with Crippen LogP contribution in [0.5, 0.6) is 0 Å². The first kappa shape index (κ1) is 11.1. The molecule has 0 saturated carbocycles. The van der Waals surface area contributed by atoms with Gasteiger partial charge in [-0.25, -0.2) is 0 Å². The molecule has 0 aromatic carbocycles. The molecule has 0 radical (unpaired) electrons. The smallest absolute Gasteiger partial charge is 0.233 e. The second kappa shape index (κ2) is 5.05. The lowest BCUT2D eigenvalue weighted by atomic mass is 10.1. The lowest BCUT2D eigenvalue weighted by Crippen LogP contribution is -2.33. The molecule has 1 aromatic rings. The van der Waals surface area contributed by atoms with E-state index in [1.165, 1.54) is 0 Å². The lowest BCUT2D eigenvalue weighted by Gasteiger charge is -2.13. The van der Waals surface area contributed by atoms with E-state index in [1.54, 1.807) is 12.3 Å². The van der Waals surface area contributed by atoms with E-state index in [0.717, 1.165) is 0 Å². The van der Waals surface area contributed by atoms with Gasteiger partial charge in [-0.2, -0.15) is 12.6 Å². The van der Waals surface area contributed by atoms with Crippen LogP contribution in [0.15, 0.2) is 16.8 Å². The summed E-state index contributed by atoms with van der Waals surface area (Å²) in [6, 6.07) is 1.71. The third-order valence-corrected chi connectivity index (χ3v) is 2.66. The molecule has 14 heavy (non-hydrogen) atoms. The Morgan fingerprint density at radius 1 is 1.71 bits per heavy atom. The fraction of sp³-hybridized carbons (Fsp3) is 0.556. The first-order valence-electron chi connectivity index (χ1n) is 4.46. The predicted molar refractivity (Wildman–Crippen MR) is 56.0 cm³/mol. The summed E-state index contributed by atoms with van der Waals surface area (Å²) in [6.45, 7) is 4.26. The summed E-state index contributed by atoms with van der Waals surface area (Å²) >= 11 is 4.19. The Kier molecular flexibility index (Phi) is 4.00. The van der Waals surface area contributed by atoms with Gasteiger partial charge in [0.2, 0.25) is 5.91 Å². The van der Waals surface area contributed by atoms with Crippen molar-refractivity contribution in [1.29, 1.82) is 0 Å². The fourth-order valence-corrected chi connectivity index (χ4v) is 1.01. The molecule has 0 aliphatic heterocycles. The largest absolute Gasteiger partial charge is 0.360 e. The summed E-state index contributed by atoms with van der Waals surface area (Å²) in [5.74, 6) is 0.774. The van der Waals surface area contributed by atoms with Crippen LogP contribution in [0.3, 0.4) is 0 Å². The van der Waals surface area contributed by atoms with Crippen molar-refractivity contribution < 1.29 is 9.32 Å². The maximum Gasteiger partial charge on any atom is 0.233 e. The molecule has 1 heterocycles. The number of aromatic nitrogens is 1. The minimum Gasteiger partial charge on any atom is -0.360 e. The van der Waals surface area contributed by atoms with Crippen molar-refractivity contribution in [3.05, 3.63) is 18.0 Å². The molecular formula is C9H14N2O2S. The molecule has 0 fully saturated rings. The minimum atomic E-state index is -0.280. The van der Waals surface area contributed by atoms with Crippen molar-refractivity contribution in [3.63, 3.8) is 0 Å². The highest BCUT2D eigenvalue weighted by Crippen LogP contribution is 2.08. The standard InChI is InChI=1S/C9H14N2O2S/c1-6(2)8(14)9(12)10-5-7-3-4-11-13-7/h3-4,6,8,14H,5H2,1-2H3,(H,10,12). The second-order valence-corrected chi connectivity index (χ2v) is 3.94. The lowest BCUT2D eigenvalue weighted by molar-refractivity contribution is -0.121. The second-order valence-electron chi connectivity index (χ2n) is 3.39. The number of thiol groups is 1. The van der Waals surface area contributed by atoms with E-state index in [1.807, 2.05) is 13.8 Å². The monoisotopic (exact) mass is 214 g/mol. The maximum absolute atomic E-state index is 11.4. The molecule has 1 rings (SSSR count). The van der Waals surface area contributed by atoms with Crippen molar-refractivity contribution in [2.45, 2.75) is 25.6 Å². The van der Waals surface area contributed by atoms with Gasteiger partial charge in [0.1, 0.15) is 0 Å². The molecule has 0 saturated heterocycles. The van der Waals surface area contributed by atoms with Crippen LogP contribution in [-0.4, -0.2) is 16.3 Å². The first-order valence-corrected chi connectivity index (χ1v) is 4.98. The van der Waals surface area contributed by atoms with Crippen molar-refractivity contribution in [2.75, 3.05) is 0 Å². The quantitative estimate of drug-likeness (QED) is 0.742. The summed E-state index contributed by atoms with van der Waals surface area (Å²) in [6.07, 6.45) is 1.54. The molecule has 1 aromatic heterocycles. The summed E-state index contributed by atoms with van der Waals surface area (Å²) in [5.41, 5.74) is 0. The Balaban J connectivity index is 2.35. The van der Waals surface area contributed by atoms with Crippen LogP contribution in [-0.2, 0) is 11.3 Å². The van der Waals surface area contributed by atoms with Gasteiger partial charge in [0.05, 0.1) is 18.0 Å². The van der Waals surface area contributed by atoms with Gasteiger partial charge in [0.25, 0.3) is 0 Å². The predicted octanol–water partition coefficient (Wildman–Crippen LogP) is 1.25. The zero-order chi connectivity index (χ0) is 10.6. The molecule has 1 N–H and O–H groups in total. The highest BCUT2D eigenvalue weighted by molar-refractivity contribution is 7.81. The van der Waals surface area contributed by atoms with Crippen molar-refractivity contribution in [1.82, 2.24) is 10.5 Å². The molecule has 5 heteroatoms. The Labute approximate surface area is 88.5 Å². The van der Waals surface area contributed by atoms with Crippen molar-refractivity contribution >= 4 is 18.5 Å². The van der Waals surface area contributed by atoms with Gasteiger partial charge in [-0.1, -0.05) is 19.0 Å². The number of hydrogen-bond acceptors (Lipinski definition) is 4. The van der Waals surface area contributed by atoms with Crippen LogP contribution >= 0.6 is 12.6 Å². The number of rotatable bonds is 4. The highest BCUT2D eigenvalue weighted by atomic mass is 32.1. The van der Waals surface area contributed by atoms with E-state index in [9.17, 15) is 4.79 Å². The van der Waals surface area contributed by atoms with E-state index in [0.29, 0.717) is 12.3 Å². The van der Waals surface area contributed by atoms with E-state index >= 15 is 0 Å². The van der Waals surface area contributed by atoms with Crippen molar-refractivity contribution in [3.8, 4) is 0 Å². The molecule has 0 bridgehead atoms. The fourth-order valence-electron chi connectivity index (χ4n) is 0.915. The number of hydrogen-bond donors (Lipinski definition) is 2. The highest BCUT2D eigenvalue weighted by Gasteiger charge is 2.17. The molecule has 1 amide bonds. The van der Waals surface area contributed by atoms with E-state index in [4.69, 9.17) is 4.52 Å². The Bertz CT molecular complexity index is 285. The van der Waals surface area contributed by atoms with Gasteiger partial charge in [-0.15, -0.1) is 0 Å². The number of nitrogens with one attached hydrogen (secondary N) is 1. The molecule has 78 valence electrons. The Morgan fingerprint density at radius 2 is 2.43 bits per heavy atom. The summed E-state index contributed by atoms with van der Waals surface area (Å²) in [5, 5.41) is 5.97. The van der Waals surface area contributed by atoms with Crippen LogP contribution in [0.1, 0.15) is 19.6 Å². The van der Waals surface area contributed by atoms with Crippen molar-refractivity contribution in [2.24, 2.45) is 5.92 Å². The maximum atomic E-state index is 11.4. The van der Waals surface area contributed by atoms with Crippen LogP contribution in [0.25, 0.3) is 0 Å². The molecule has 0 spiro atoms. The molecule has 0 aliphatic carbocycles. The molecule has 4 nitrogen and oxygen atoms in total. The Hall–Kier alpha value is -0.970. The number of carbonyl (C=O) groups is 1. The van der Waals surface area contributed by atoms with Gasteiger partial charge >= 0.3 is 0 Å². The summed E-state index contributed by atoms with van der Waals surface area (Å²) in [7, 11) is 0. The normalized spacial score (nSPS) is 12.9. The SMILES string of the molecule is CC(C)C(S)C(=O)NCc1ccno1. The number of nitrogens with zero attached hydrogens (tertiary/aromatic N) is 1. The van der Waals surface area contributed by atoms with Gasteiger partial charge in [-0.05, 0) is 5.92 Å². The summed E-state index contributed by atoms with van der Waals surface area (Å²) in [4.78, 5) is 11.4. The molecular weight excluding hydrogens is 200 g/mol. The molecule has 1 atom stereocenters. The van der Waals surface area contributed by atoms with Crippen LogP contribution in [0, 0.1) is 5.92 Å². The third kappa shape index (κ3) is 3.06. The molecule has 0 aliphatic rings. The Morgan fingerprint density at radius 3 is 2.93 bits per heavy atom. The zero-order valence-electron chi connectivity index (χ0n) is 8.23. The average Bonchev–Trinajstić information content (AvgIpc) is 2.65. The molecule has 1 unspecified atom stereocenters. The van der Waals surface area contributed by atoms with Crippen LogP contribution in [0.2, 0.25) is 0 Å². The van der Waals surface area contributed by atoms with Crippen LogP contribution < -0.4 is 5.32 Å². The minimum absolute atomic E-state index is 0.0836. The number of amides is 1. The van der Waals surface area contributed by atoms with E-state index < -0.39 is 0 Å². The van der Waals surface area contributed by atoms with Gasteiger partial charge in [0, 0.05) is 6.07 Å². The van der Waals surface area contributed by atoms with E-state index in [-0.39, 0.29) is 17.1 Å². The van der Waals surface area contributed by atoms with Gasteiger partial charge in [-0.3, -0.25) is 4.79 Å². The van der Waals surface area contributed by atoms with Crippen LogP contribution in [0.4, 0.5) is 0 Å². The topological polar surface area (TPSA) is 55.1 Å². The summed E-state index contributed by atoms with van der Waals surface area (Å²) < 4.78 is 4.83. The third-order valence-electron chi connectivity index (χ3n) is 1.83.